The average molecular weight is 333 g/mol. The molecule has 1 aliphatic carbocycles. The highest BCUT2D eigenvalue weighted by Gasteiger charge is 2.24. The molecule has 1 unspecified atom stereocenters. The molecule has 2 N–H and O–H groups in total. The summed E-state index contributed by atoms with van der Waals surface area (Å²) in [6, 6.07) is 8.32. The van der Waals surface area contributed by atoms with Crippen molar-refractivity contribution in [2.75, 3.05) is 13.6 Å². The number of nitrogens with zero attached hydrogens (tertiary/aromatic N) is 2. The topological polar surface area (TPSA) is 64.5 Å². The number of aromatic nitrogens is 2. The molecule has 1 heterocycles. The number of rotatable bonds is 6. The number of likely N-dealkylation sites (N-methyl/N-ethyl adjacent to an activating group) is 1. The number of hydrogen-bond acceptors (Lipinski definition) is 4. The van der Waals surface area contributed by atoms with Crippen molar-refractivity contribution >= 4 is 18.1 Å². The van der Waals surface area contributed by atoms with E-state index < -0.39 is 0 Å². The van der Waals surface area contributed by atoms with Crippen LogP contribution in [0.1, 0.15) is 18.4 Å². The van der Waals surface area contributed by atoms with Crippen LogP contribution < -0.4 is 10.2 Å². The molecular formula is C16H21N4O2S+. The van der Waals surface area contributed by atoms with E-state index in [9.17, 15) is 4.79 Å². The molecule has 1 saturated carbocycles. The van der Waals surface area contributed by atoms with Crippen LogP contribution in [-0.2, 0) is 11.5 Å². The lowest BCUT2D eigenvalue weighted by Gasteiger charge is -2.12. The minimum atomic E-state index is 0.0683. The van der Waals surface area contributed by atoms with Crippen LogP contribution >= 0.6 is 12.2 Å². The number of hydrogen-bond donors (Lipinski definition) is 2. The van der Waals surface area contributed by atoms with Crippen molar-refractivity contribution in [3.63, 3.8) is 0 Å². The molecule has 7 heteroatoms. The predicted octanol–water partition coefficient (Wildman–Crippen LogP) is 0.932. The molecule has 0 radical (unpaired) electrons. The quantitative estimate of drug-likeness (QED) is 0.772. The molecule has 23 heavy (non-hydrogen) atoms. The van der Waals surface area contributed by atoms with E-state index >= 15 is 0 Å². The number of carbonyl (C=O) groups excluding carboxylic acids is 1. The van der Waals surface area contributed by atoms with Gasteiger partial charge in [0, 0.05) is 11.6 Å². The van der Waals surface area contributed by atoms with Gasteiger partial charge in [-0.05, 0) is 44.1 Å². The number of amides is 1. The van der Waals surface area contributed by atoms with Crippen molar-refractivity contribution in [2.45, 2.75) is 32.5 Å². The second-order valence-corrected chi connectivity index (χ2v) is 6.52. The Balaban J connectivity index is 1.64. The third-order valence-electron chi connectivity index (χ3n) is 3.73. The molecule has 2 aromatic rings. The van der Waals surface area contributed by atoms with Gasteiger partial charge in [0.25, 0.3) is 10.7 Å². The van der Waals surface area contributed by atoms with Crippen LogP contribution in [0.3, 0.4) is 0 Å². The fourth-order valence-corrected chi connectivity index (χ4v) is 2.50. The summed E-state index contributed by atoms with van der Waals surface area (Å²) in [5, 5.41) is 7.41. The molecular weight excluding hydrogens is 312 g/mol. The number of benzene rings is 1. The molecule has 1 aromatic carbocycles. The maximum atomic E-state index is 11.8. The number of carbonyl (C=O) groups is 1. The molecule has 3 rings (SSSR count). The molecule has 1 aromatic heterocycles. The molecule has 1 amide bonds. The largest absolute Gasteiger partial charge is 0.409 e. The van der Waals surface area contributed by atoms with Crippen LogP contribution in [0.15, 0.2) is 28.7 Å². The average Bonchev–Trinajstić information content (AvgIpc) is 3.23. The lowest BCUT2D eigenvalue weighted by molar-refractivity contribution is -0.895. The van der Waals surface area contributed by atoms with E-state index in [-0.39, 0.29) is 5.91 Å². The Hall–Kier alpha value is -1.99. The van der Waals surface area contributed by atoms with E-state index in [1.54, 1.807) is 4.68 Å². The van der Waals surface area contributed by atoms with Gasteiger partial charge in [-0.1, -0.05) is 17.7 Å². The summed E-state index contributed by atoms with van der Waals surface area (Å²) >= 11 is 5.23. The van der Waals surface area contributed by atoms with Crippen molar-refractivity contribution in [1.82, 2.24) is 15.1 Å². The van der Waals surface area contributed by atoms with Crippen molar-refractivity contribution in [3.05, 3.63) is 34.7 Å². The van der Waals surface area contributed by atoms with Gasteiger partial charge in [0.05, 0.1) is 7.05 Å². The summed E-state index contributed by atoms with van der Waals surface area (Å²) in [7, 11) is 1.94. The second kappa shape index (κ2) is 6.64. The lowest BCUT2D eigenvalue weighted by atomic mass is 10.1. The van der Waals surface area contributed by atoms with E-state index in [4.69, 9.17) is 16.6 Å². The summed E-state index contributed by atoms with van der Waals surface area (Å²) in [5.74, 6) is 0.573. The maximum Gasteiger partial charge on any atom is 0.292 e. The van der Waals surface area contributed by atoms with Gasteiger partial charge in [-0.2, -0.15) is 4.68 Å². The van der Waals surface area contributed by atoms with Crippen LogP contribution in [0, 0.1) is 11.8 Å². The maximum absolute atomic E-state index is 11.8. The first-order valence-corrected chi connectivity index (χ1v) is 8.18. The molecule has 1 atom stereocenters. The molecule has 1 aliphatic rings. The summed E-state index contributed by atoms with van der Waals surface area (Å²) < 4.78 is 7.20. The van der Waals surface area contributed by atoms with Crippen LogP contribution in [-0.4, -0.2) is 35.3 Å². The van der Waals surface area contributed by atoms with Gasteiger partial charge in [-0.25, -0.2) is 0 Å². The predicted molar refractivity (Wildman–Crippen MR) is 88.4 cm³/mol. The second-order valence-electron chi connectivity index (χ2n) is 6.17. The smallest absolute Gasteiger partial charge is 0.292 e. The third-order valence-corrected chi connectivity index (χ3v) is 4.02. The molecule has 0 spiro atoms. The number of aryl methyl sites for hydroxylation is 1. The minimum Gasteiger partial charge on any atom is -0.409 e. The SMILES string of the molecule is Cc1ccc(-c2nn(C[NH+](C)CC(=O)NC3CC3)c(=S)o2)cc1. The summed E-state index contributed by atoms with van der Waals surface area (Å²) in [5.41, 5.74) is 2.07. The van der Waals surface area contributed by atoms with Gasteiger partial charge in [0.2, 0.25) is 5.89 Å². The Bertz CT molecular complexity index is 746. The summed E-state index contributed by atoms with van der Waals surface area (Å²) in [4.78, 5) is 13.2. The zero-order valence-corrected chi connectivity index (χ0v) is 14.2. The molecule has 0 bridgehead atoms. The Morgan fingerprint density at radius 1 is 1.43 bits per heavy atom. The highest BCUT2D eigenvalue weighted by atomic mass is 32.1. The Labute approximate surface area is 140 Å². The van der Waals surface area contributed by atoms with Crippen LogP contribution in [0.25, 0.3) is 11.5 Å². The standard InChI is InChI=1S/C16H20N4O2S/c1-11-3-5-12(6-4-11)15-18-20(16(23)22-15)10-19(2)9-14(21)17-13-7-8-13/h3-6,13H,7-10H2,1-2H3,(H,17,21)/p+1. The van der Waals surface area contributed by atoms with Crippen LogP contribution in [0.4, 0.5) is 0 Å². The zero-order valence-electron chi connectivity index (χ0n) is 13.3. The van der Waals surface area contributed by atoms with E-state index in [0.29, 0.717) is 30.0 Å². The van der Waals surface area contributed by atoms with E-state index in [0.717, 1.165) is 23.3 Å². The van der Waals surface area contributed by atoms with E-state index in [2.05, 4.69) is 10.4 Å². The molecule has 0 saturated heterocycles. The van der Waals surface area contributed by atoms with Gasteiger partial charge in [0.1, 0.15) is 0 Å². The fraction of sp³-hybridized carbons (Fsp3) is 0.438. The lowest BCUT2D eigenvalue weighted by Crippen LogP contribution is -3.09. The van der Waals surface area contributed by atoms with Crippen molar-refractivity contribution in [2.24, 2.45) is 0 Å². The zero-order chi connectivity index (χ0) is 16.4. The monoisotopic (exact) mass is 333 g/mol. The first kappa shape index (κ1) is 15.9. The fourth-order valence-electron chi connectivity index (χ4n) is 2.31. The Morgan fingerprint density at radius 2 is 2.13 bits per heavy atom. The van der Waals surface area contributed by atoms with E-state index in [1.807, 2.05) is 38.2 Å². The highest BCUT2D eigenvalue weighted by Crippen LogP contribution is 2.18. The van der Waals surface area contributed by atoms with Gasteiger partial charge < -0.3 is 14.6 Å². The summed E-state index contributed by atoms with van der Waals surface area (Å²) in [6.07, 6.45) is 2.19. The van der Waals surface area contributed by atoms with Crippen LogP contribution in [0.2, 0.25) is 0 Å². The number of quaternary nitrogens is 1. The number of nitrogens with one attached hydrogen (secondary N) is 2. The van der Waals surface area contributed by atoms with E-state index in [1.165, 1.54) is 5.56 Å². The first-order valence-electron chi connectivity index (χ1n) is 7.77. The van der Waals surface area contributed by atoms with Gasteiger partial charge in [-0.15, -0.1) is 5.10 Å². The first-order chi connectivity index (χ1) is 11.0. The van der Waals surface area contributed by atoms with Crippen molar-refractivity contribution in [1.29, 1.82) is 0 Å². The van der Waals surface area contributed by atoms with Gasteiger partial charge >= 0.3 is 0 Å². The van der Waals surface area contributed by atoms with Crippen molar-refractivity contribution in [3.8, 4) is 11.5 Å². The third kappa shape index (κ3) is 4.27. The molecule has 0 aliphatic heterocycles. The Kier molecular flexibility index (Phi) is 4.58. The Morgan fingerprint density at radius 3 is 2.78 bits per heavy atom. The summed E-state index contributed by atoms with van der Waals surface area (Å²) in [6.45, 7) is 2.92. The minimum absolute atomic E-state index is 0.0683. The van der Waals surface area contributed by atoms with Gasteiger partial charge in [0.15, 0.2) is 13.2 Å². The van der Waals surface area contributed by atoms with Crippen LogP contribution in [0.5, 0.6) is 0 Å². The molecule has 122 valence electrons. The molecule has 6 nitrogen and oxygen atoms in total. The van der Waals surface area contributed by atoms with Gasteiger partial charge in [-0.3, -0.25) is 4.79 Å². The molecule has 1 fully saturated rings. The highest BCUT2D eigenvalue weighted by molar-refractivity contribution is 7.71. The normalized spacial score (nSPS) is 15.4. The van der Waals surface area contributed by atoms with Crippen molar-refractivity contribution < 1.29 is 14.1 Å².